The minimum absolute atomic E-state index is 0.0113. The molecule has 4 nitrogen and oxygen atoms in total. The molecule has 1 aromatic rings. The van der Waals surface area contributed by atoms with Gasteiger partial charge in [0.05, 0.1) is 11.5 Å². The second kappa shape index (κ2) is 6.79. The molecule has 1 fully saturated rings. The van der Waals surface area contributed by atoms with Gasteiger partial charge in [-0.05, 0) is 54.5 Å². The van der Waals surface area contributed by atoms with Gasteiger partial charge in [-0.15, -0.1) is 0 Å². The smallest absolute Gasteiger partial charge is 0.241 e. The first-order valence-electron chi connectivity index (χ1n) is 6.44. The van der Waals surface area contributed by atoms with E-state index in [-0.39, 0.29) is 17.5 Å². The Morgan fingerprint density at radius 3 is 2.65 bits per heavy atom. The van der Waals surface area contributed by atoms with E-state index in [2.05, 4.69) is 20.7 Å². The first kappa shape index (κ1) is 16.3. The van der Waals surface area contributed by atoms with Gasteiger partial charge in [0.25, 0.3) is 0 Å². The molecule has 1 saturated heterocycles. The molecule has 2 rings (SSSR count). The maximum atomic E-state index is 12.5. The largest absolute Gasteiger partial charge is 0.392 e. The number of aliphatic hydroxyl groups excluding tert-OH is 1. The van der Waals surface area contributed by atoms with Crippen molar-refractivity contribution < 1.29 is 13.5 Å². The van der Waals surface area contributed by atoms with Gasteiger partial charge in [0.15, 0.2) is 0 Å². The lowest BCUT2D eigenvalue weighted by Crippen LogP contribution is -2.37. The molecule has 20 heavy (non-hydrogen) atoms. The van der Waals surface area contributed by atoms with Crippen LogP contribution in [0.4, 0.5) is 0 Å². The maximum Gasteiger partial charge on any atom is 0.241 e. The summed E-state index contributed by atoms with van der Waals surface area (Å²) in [7, 11) is -3.55. The van der Waals surface area contributed by atoms with Gasteiger partial charge in [-0.1, -0.05) is 15.9 Å². The second-order valence-electron chi connectivity index (χ2n) is 4.87. The van der Waals surface area contributed by atoms with Crippen molar-refractivity contribution in [1.29, 1.82) is 0 Å². The normalized spacial score (nSPS) is 17.4. The summed E-state index contributed by atoms with van der Waals surface area (Å²) in [5, 5.41) is 9.23. The van der Waals surface area contributed by atoms with Crippen molar-refractivity contribution in [3.05, 3.63) is 27.7 Å². The summed E-state index contributed by atoms with van der Waals surface area (Å²) in [6.07, 6.45) is 1.73. The molecule has 0 radical (unpaired) electrons. The summed E-state index contributed by atoms with van der Waals surface area (Å²) < 4.78 is 28.5. The minimum Gasteiger partial charge on any atom is -0.392 e. The van der Waals surface area contributed by atoms with E-state index in [4.69, 9.17) is 0 Å². The van der Waals surface area contributed by atoms with Crippen LogP contribution in [0.1, 0.15) is 24.0 Å². The van der Waals surface area contributed by atoms with Gasteiger partial charge in [-0.3, -0.25) is 0 Å². The zero-order chi connectivity index (χ0) is 14.8. The molecule has 112 valence electrons. The zero-order valence-corrected chi connectivity index (χ0v) is 14.4. The number of nitrogens with one attached hydrogen (secondary N) is 1. The predicted molar refractivity (Wildman–Crippen MR) is 85.5 cm³/mol. The van der Waals surface area contributed by atoms with E-state index in [1.54, 1.807) is 19.1 Å². The second-order valence-corrected chi connectivity index (χ2v) is 8.63. The SMILES string of the molecule is Cc1c(Br)cc(CO)cc1S(=O)(=O)NC1CCSCC1. The summed E-state index contributed by atoms with van der Waals surface area (Å²) in [6, 6.07) is 3.29. The number of halogens is 1. The first-order chi connectivity index (χ1) is 9.44. The molecule has 1 heterocycles. The van der Waals surface area contributed by atoms with Crippen LogP contribution in [0, 0.1) is 6.92 Å². The fourth-order valence-corrected chi connectivity index (χ4v) is 5.54. The number of rotatable bonds is 4. The highest BCUT2D eigenvalue weighted by Crippen LogP contribution is 2.27. The molecule has 0 bridgehead atoms. The molecule has 0 spiro atoms. The van der Waals surface area contributed by atoms with Crippen LogP contribution in [-0.2, 0) is 16.6 Å². The number of aliphatic hydroxyl groups is 1. The van der Waals surface area contributed by atoms with E-state index in [0.717, 1.165) is 24.3 Å². The van der Waals surface area contributed by atoms with Gasteiger partial charge in [0, 0.05) is 10.5 Å². The maximum absolute atomic E-state index is 12.5. The summed E-state index contributed by atoms with van der Waals surface area (Å²) in [5.74, 6) is 1.99. The number of thioether (sulfide) groups is 1. The molecule has 1 aromatic carbocycles. The van der Waals surface area contributed by atoms with Gasteiger partial charge in [0.2, 0.25) is 10.0 Å². The third-order valence-electron chi connectivity index (χ3n) is 3.37. The van der Waals surface area contributed by atoms with Crippen LogP contribution in [0.2, 0.25) is 0 Å². The Kier molecular flexibility index (Phi) is 5.53. The number of hydrogen-bond acceptors (Lipinski definition) is 4. The van der Waals surface area contributed by atoms with E-state index in [1.807, 2.05) is 11.8 Å². The third kappa shape index (κ3) is 3.76. The Labute approximate surface area is 132 Å². The highest BCUT2D eigenvalue weighted by atomic mass is 79.9. The first-order valence-corrected chi connectivity index (χ1v) is 9.87. The van der Waals surface area contributed by atoms with E-state index in [9.17, 15) is 13.5 Å². The Bertz CT molecular complexity index is 584. The lowest BCUT2D eigenvalue weighted by atomic mass is 10.2. The van der Waals surface area contributed by atoms with Crippen LogP contribution >= 0.6 is 27.7 Å². The van der Waals surface area contributed by atoms with Crippen LogP contribution in [0.25, 0.3) is 0 Å². The Hall–Kier alpha value is -0.0800. The van der Waals surface area contributed by atoms with Crippen molar-refractivity contribution >= 4 is 37.7 Å². The van der Waals surface area contributed by atoms with Crippen molar-refractivity contribution in [1.82, 2.24) is 4.72 Å². The molecule has 2 N–H and O–H groups in total. The van der Waals surface area contributed by atoms with Crippen LogP contribution in [0.5, 0.6) is 0 Å². The van der Waals surface area contributed by atoms with Gasteiger partial charge in [-0.2, -0.15) is 11.8 Å². The van der Waals surface area contributed by atoms with Gasteiger partial charge >= 0.3 is 0 Å². The van der Waals surface area contributed by atoms with E-state index >= 15 is 0 Å². The Balaban J connectivity index is 2.30. The monoisotopic (exact) mass is 379 g/mol. The number of benzene rings is 1. The standard InChI is InChI=1S/C13H18BrNO3S2/c1-9-12(14)6-10(8-16)7-13(9)20(17,18)15-11-2-4-19-5-3-11/h6-7,11,15-16H,2-5,8H2,1H3. The topological polar surface area (TPSA) is 66.4 Å². The number of hydrogen-bond donors (Lipinski definition) is 2. The third-order valence-corrected chi connectivity index (χ3v) is 6.89. The number of sulfonamides is 1. The molecule has 0 amide bonds. The summed E-state index contributed by atoms with van der Waals surface area (Å²) in [4.78, 5) is 0.245. The van der Waals surface area contributed by atoms with Crippen LogP contribution in [0.3, 0.4) is 0 Å². The van der Waals surface area contributed by atoms with Crippen molar-refractivity contribution in [2.75, 3.05) is 11.5 Å². The van der Waals surface area contributed by atoms with Crippen LogP contribution in [-0.4, -0.2) is 31.1 Å². The van der Waals surface area contributed by atoms with E-state index in [1.165, 1.54) is 0 Å². The summed E-state index contributed by atoms with van der Waals surface area (Å²) in [5.41, 5.74) is 1.25. The molecular weight excluding hydrogens is 362 g/mol. The van der Waals surface area contributed by atoms with Crippen molar-refractivity contribution in [3.63, 3.8) is 0 Å². The van der Waals surface area contributed by atoms with E-state index in [0.29, 0.717) is 15.6 Å². The molecule has 0 aliphatic carbocycles. The van der Waals surface area contributed by atoms with Gasteiger partial charge in [-0.25, -0.2) is 13.1 Å². The molecule has 1 aliphatic heterocycles. The lowest BCUT2D eigenvalue weighted by molar-refractivity contribution is 0.281. The quantitative estimate of drug-likeness (QED) is 0.842. The zero-order valence-electron chi connectivity index (χ0n) is 11.2. The average Bonchev–Trinajstić information content (AvgIpc) is 2.42. The Morgan fingerprint density at radius 1 is 1.40 bits per heavy atom. The van der Waals surface area contributed by atoms with Crippen molar-refractivity contribution in [2.24, 2.45) is 0 Å². The highest BCUT2D eigenvalue weighted by Gasteiger charge is 2.24. The fourth-order valence-electron chi connectivity index (χ4n) is 2.18. The predicted octanol–water partition coefficient (Wildman–Crippen LogP) is 2.42. The molecule has 0 aromatic heterocycles. The summed E-state index contributed by atoms with van der Waals surface area (Å²) >= 11 is 5.21. The molecular formula is C13H18BrNO3S2. The van der Waals surface area contributed by atoms with Crippen molar-refractivity contribution in [3.8, 4) is 0 Å². The van der Waals surface area contributed by atoms with Crippen molar-refractivity contribution in [2.45, 2.75) is 37.3 Å². The average molecular weight is 380 g/mol. The molecule has 0 unspecified atom stereocenters. The van der Waals surface area contributed by atoms with E-state index < -0.39 is 10.0 Å². The van der Waals surface area contributed by atoms with Crippen LogP contribution < -0.4 is 4.72 Å². The molecule has 7 heteroatoms. The van der Waals surface area contributed by atoms with Gasteiger partial charge < -0.3 is 5.11 Å². The highest BCUT2D eigenvalue weighted by molar-refractivity contribution is 9.10. The minimum atomic E-state index is -3.55. The molecule has 1 aliphatic rings. The molecule has 0 atom stereocenters. The van der Waals surface area contributed by atoms with Gasteiger partial charge in [0.1, 0.15) is 0 Å². The fraction of sp³-hybridized carbons (Fsp3) is 0.538. The lowest BCUT2D eigenvalue weighted by Gasteiger charge is -2.23. The summed E-state index contributed by atoms with van der Waals surface area (Å²) in [6.45, 7) is 1.58. The van der Waals surface area contributed by atoms with Crippen LogP contribution in [0.15, 0.2) is 21.5 Å². The molecule has 0 saturated carbocycles. The Morgan fingerprint density at radius 2 is 2.05 bits per heavy atom.